The number of hydrogen-bond acceptors (Lipinski definition) is 0. The summed E-state index contributed by atoms with van der Waals surface area (Å²) in [5.41, 5.74) is 0.614. The molecule has 0 N–H and O–H groups in total. The van der Waals surface area contributed by atoms with Crippen LogP contribution in [0.15, 0.2) is 18.7 Å². The maximum atomic E-state index is 13.0. The van der Waals surface area contributed by atoms with E-state index in [0.717, 1.165) is 0 Å². The van der Waals surface area contributed by atoms with Crippen molar-refractivity contribution in [3.8, 4) is 0 Å². The summed E-state index contributed by atoms with van der Waals surface area (Å²) in [5, 5.41) is 0. The van der Waals surface area contributed by atoms with E-state index in [4.69, 9.17) is 0 Å². The SMILES string of the molecule is C=Cc1cc(F)c(CC)c(F)c1. The number of hydrogen-bond donors (Lipinski definition) is 0. The van der Waals surface area contributed by atoms with E-state index in [9.17, 15) is 8.78 Å². The van der Waals surface area contributed by atoms with Crippen molar-refractivity contribution in [2.24, 2.45) is 0 Å². The van der Waals surface area contributed by atoms with E-state index in [2.05, 4.69) is 6.58 Å². The summed E-state index contributed by atoms with van der Waals surface area (Å²) >= 11 is 0. The van der Waals surface area contributed by atoms with Gasteiger partial charge in [0.1, 0.15) is 11.6 Å². The fraction of sp³-hybridized carbons (Fsp3) is 0.200. The van der Waals surface area contributed by atoms with Gasteiger partial charge in [-0.15, -0.1) is 0 Å². The van der Waals surface area contributed by atoms with Crippen molar-refractivity contribution in [1.82, 2.24) is 0 Å². The first-order chi connectivity index (χ1) is 5.69. The molecular weight excluding hydrogens is 158 g/mol. The van der Waals surface area contributed by atoms with Gasteiger partial charge in [0.05, 0.1) is 0 Å². The number of rotatable bonds is 2. The summed E-state index contributed by atoms with van der Waals surface area (Å²) in [4.78, 5) is 0. The molecule has 0 saturated heterocycles. The first kappa shape index (κ1) is 8.91. The minimum absolute atomic E-state index is 0.139. The predicted octanol–water partition coefficient (Wildman–Crippen LogP) is 3.17. The molecule has 0 aromatic heterocycles. The molecule has 0 saturated carbocycles. The molecule has 64 valence electrons. The molecule has 0 radical (unpaired) electrons. The topological polar surface area (TPSA) is 0 Å². The van der Waals surface area contributed by atoms with Gasteiger partial charge in [0.2, 0.25) is 0 Å². The third kappa shape index (κ3) is 1.52. The van der Waals surface area contributed by atoms with Crippen LogP contribution in [0.4, 0.5) is 8.78 Å². The molecule has 0 atom stereocenters. The summed E-state index contributed by atoms with van der Waals surface area (Å²) in [6.45, 7) is 5.15. The Hall–Kier alpha value is -1.18. The van der Waals surface area contributed by atoms with Gasteiger partial charge >= 0.3 is 0 Å². The van der Waals surface area contributed by atoms with Crippen LogP contribution in [-0.2, 0) is 6.42 Å². The lowest BCUT2D eigenvalue weighted by molar-refractivity contribution is 0.558. The van der Waals surface area contributed by atoms with Crippen molar-refractivity contribution in [3.05, 3.63) is 41.5 Å². The van der Waals surface area contributed by atoms with Crippen molar-refractivity contribution in [2.45, 2.75) is 13.3 Å². The predicted molar refractivity (Wildman–Crippen MR) is 45.8 cm³/mol. The van der Waals surface area contributed by atoms with Gasteiger partial charge in [-0.3, -0.25) is 0 Å². The van der Waals surface area contributed by atoms with Crippen LogP contribution < -0.4 is 0 Å². The minimum Gasteiger partial charge on any atom is -0.207 e. The van der Waals surface area contributed by atoms with E-state index in [1.165, 1.54) is 18.2 Å². The van der Waals surface area contributed by atoms with Crippen LogP contribution in [0.1, 0.15) is 18.1 Å². The Kier molecular flexibility index (Phi) is 2.58. The average Bonchev–Trinajstić information content (AvgIpc) is 2.03. The Bertz CT molecular complexity index is 280. The molecule has 0 fully saturated rings. The van der Waals surface area contributed by atoms with Gasteiger partial charge in [-0.1, -0.05) is 19.6 Å². The Morgan fingerprint density at radius 1 is 1.33 bits per heavy atom. The third-order valence-corrected chi connectivity index (χ3v) is 1.75. The second kappa shape index (κ2) is 3.48. The van der Waals surface area contributed by atoms with Crippen molar-refractivity contribution in [2.75, 3.05) is 0 Å². The number of halogens is 2. The van der Waals surface area contributed by atoms with Crippen LogP contribution in [0.2, 0.25) is 0 Å². The highest BCUT2D eigenvalue weighted by Gasteiger charge is 2.07. The second-order valence-electron chi connectivity index (χ2n) is 2.52. The highest BCUT2D eigenvalue weighted by molar-refractivity contribution is 5.48. The molecule has 2 heteroatoms. The molecular formula is C10H10F2. The average molecular weight is 168 g/mol. The molecule has 0 unspecified atom stereocenters. The molecule has 0 aliphatic heterocycles. The third-order valence-electron chi connectivity index (χ3n) is 1.75. The van der Waals surface area contributed by atoms with E-state index < -0.39 is 11.6 Å². The lowest BCUT2D eigenvalue weighted by Crippen LogP contribution is -1.94. The summed E-state index contributed by atoms with van der Waals surface area (Å²) in [7, 11) is 0. The minimum atomic E-state index is -0.493. The molecule has 0 aliphatic rings. The quantitative estimate of drug-likeness (QED) is 0.636. The monoisotopic (exact) mass is 168 g/mol. The van der Waals surface area contributed by atoms with Gasteiger partial charge in [0.25, 0.3) is 0 Å². The lowest BCUT2D eigenvalue weighted by Gasteiger charge is -2.02. The molecule has 0 nitrogen and oxygen atoms in total. The largest absolute Gasteiger partial charge is 0.207 e. The van der Waals surface area contributed by atoms with E-state index in [0.29, 0.717) is 12.0 Å². The first-order valence-corrected chi connectivity index (χ1v) is 3.79. The summed E-state index contributed by atoms with van der Waals surface area (Å²) < 4.78 is 26.0. The Balaban J connectivity index is 3.27. The lowest BCUT2D eigenvalue weighted by atomic mass is 10.1. The molecule has 0 amide bonds. The molecule has 1 aromatic rings. The van der Waals surface area contributed by atoms with E-state index in [-0.39, 0.29) is 5.56 Å². The Morgan fingerprint density at radius 3 is 2.17 bits per heavy atom. The highest BCUT2D eigenvalue weighted by atomic mass is 19.1. The summed E-state index contributed by atoms with van der Waals surface area (Å²) in [6.07, 6.45) is 1.79. The number of benzene rings is 1. The first-order valence-electron chi connectivity index (χ1n) is 3.79. The maximum absolute atomic E-state index is 13.0. The fourth-order valence-electron chi connectivity index (χ4n) is 1.08. The van der Waals surface area contributed by atoms with Gasteiger partial charge in [-0.2, -0.15) is 0 Å². The van der Waals surface area contributed by atoms with E-state index >= 15 is 0 Å². The van der Waals surface area contributed by atoms with Crippen LogP contribution in [0, 0.1) is 11.6 Å². The van der Waals surface area contributed by atoms with Crippen LogP contribution in [-0.4, -0.2) is 0 Å². The standard InChI is InChI=1S/C10H10F2/c1-3-7-5-9(11)8(4-2)10(12)6-7/h3,5-6H,1,4H2,2H3. The molecule has 12 heavy (non-hydrogen) atoms. The Labute approximate surface area is 70.5 Å². The van der Waals surface area contributed by atoms with E-state index in [1.54, 1.807) is 6.92 Å². The van der Waals surface area contributed by atoms with Crippen molar-refractivity contribution in [1.29, 1.82) is 0 Å². The molecule has 0 heterocycles. The molecule has 0 aliphatic carbocycles. The van der Waals surface area contributed by atoms with Crippen molar-refractivity contribution < 1.29 is 8.78 Å². The Morgan fingerprint density at radius 2 is 1.83 bits per heavy atom. The molecule has 0 bridgehead atoms. The summed E-state index contributed by atoms with van der Waals surface area (Å²) in [6, 6.07) is 2.57. The fourth-order valence-corrected chi connectivity index (χ4v) is 1.08. The highest BCUT2D eigenvalue weighted by Crippen LogP contribution is 2.16. The van der Waals surface area contributed by atoms with Crippen molar-refractivity contribution in [3.63, 3.8) is 0 Å². The van der Waals surface area contributed by atoms with Gasteiger partial charge < -0.3 is 0 Å². The summed E-state index contributed by atoms with van der Waals surface area (Å²) in [5.74, 6) is -0.986. The zero-order valence-corrected chi connectivity index (χ0v) is 6.90. The van der Waals surface area contributed by atoms with Gasteiger partial charge in [0.15, 0.2) is 0 Å². The zero-order chi connectivity index (χ0) is 9.14. The normalized spacial score (nSPS) is 9.92. The maximum Gasteiger partial charge on any atom is 0.129 e. The zero-order valence-electron chi connectivity index (χ0n) is 6.90. The van der Waals surface area contributed by atoms with Crippen molar-refractivity contribution >= 4 is 6.08 Å². The van der Waals surface area contributed by atoms with Crippen LogP contribution in [0.5, 0.6) is 0 Å². The van der Waals surface area contributed by atoms with Crippen LogP contribution in [0.3, 0.4) is 0 Å². The van der Waals surface area contributed by atoms with Gasteiger partial charge in [-0.05, 0) is 24.1 Å². The van der Waals surface area contributed by atoms with Gasteiger partial charge in [-0.25, -0.2) is 8.78 Å². The second-order valence-corrected chi connectivity index (χ2v) is 2.52. The molecule has 1 aromatic carbocycles. The molecule has 1 rings (SSSR count). The van der Waals surface area contributed by atoms with E-state index in [1.807, 2.05) is 0 Å². The molecule has 0 spiro atoms. The van der Waals surface area contributed by atoms with Crippen LogP contribution in [0.25, 0.3) is 6.08 Å². The van der Waals surface area contributed by atoms with Crippen LogP contribution >= 0.6 is 0 Å². The smallest absolute Gasteiger partial charge is 0.129 e. The van der Waals surface area contributed by atoms with Gasteiger partial charge in [0, 0.05) is 5.56 Å².